The molecule has 0 bridgehead atoms. The van der Waals surface area contributed by atoms with Crippen molar-refractivity contribution >= 4 is 23.2 Å². The lowest BCUT2D eigenvalue weighted by Crippen LogP contribution is -2.55. The molecule has 8 heteroatoms. The second kappa shape index (κ2) is 7.97. The summed E-state index contributed by atoms with van der Waals surface area (Å²) in [6.45, 7) is 6.47. The smallest absolute Gasteiger partial charge is 0.265 e. The molecule has 28 heavy (non-hydrogen) atoms. The van der Waals surface area contributed by atoms with Crippen LogP contribution in [0.25, 0.3) is 10.7 Å². The number of carbonyl (C=O) groups excluding carboxylic acids is 2. The number of hydrogen-bond donors (Lipinski definition) is 1. The fraction of sp³-hybridized carbons (Fsp3) is 0.500. The number of carbonyl (C=O) groups is 2. The molecule has 2 aromatic heterocycles. The number of aryl methyl sites for hydroxylation is 1. The SMILES string of the molecule is Cc1nc(-c2ccccn2)sc1C(=O)N1CCN(C(C)C(=O)NC2CC2)CC1. The third-order valence-corrected chi connectivity index (χ3v) is 6.50. The van der Waals surface area contributed by atoms with Crippen molar-refractivity contribution in [1.29, 1.82) is 0 Å². The molecule has 1 aliphatic carbocycles. The van der Waals surface area contributed by atoms with E-state index in [2.05, 4.69) is 20.2 Å². The Hall–Kier alpha value is -2.32. The van der Waals surface area contributed by atoms with E-state index in [1.165, 1.54) is 11.3 Å². The zero-order chi connectivity index (χ0) is 19.7. The van der Waals surface area contributed by atoms with E-state index in [4.69, 9.17) is 0 Å². The average molecular weight is 400 g/mol. The maximum absolute atomic E-state index is 13.0. The third-order valence-electron chi connectivity index (χ3n) is 5.33. The van der Waals surface area contributed by atoms with E-state index in [0.717, 1.165) is 29.2 Å². The summed E-state index contributed by atoms with van der Waals surface area (Å²) in [5.41, 5.74) is 1.53. The van der Waals surface area contributed by atoms with Crippen LogP contribution in [0.5, 0.6) is 0 Å². The first-order valence-electron chi connectivity index (χ1n) is 9.75. The molecule has 3 heterocycles. The van der Waals surface area contributed by atoms with Crippen LogP contribution in [0.1, 0.15) is 35.1 Å². The van der Waals surface area contributed by atoms with E-state index in [1.807, 2.05) is 36.9 Å². The normalized spacial score (nSPS) is 18.7. The van der Waals surface area contributed by atoms with Crippen molar-refractivity contribution in [3.8, 4) is 10.7 Å². The first-order valence-corrected chi connectivity index (χ1v) is 10.6. The van der Waals surface area contributed by atoms with Gasteiger partial charge in [-0.2, -0.15) is 0 Å². The van der Waals surface area contributed by atoms with Crippen molar-refractivity contribution in [3.05, 3.63) is 35.0 Å². The van der Waals surface area contributed by atoms with Crippen LogP contribution in [0.3, 0.4) is 0 Å². The van der Waals surface area contributed by atoms with Crippen LogP contribution in [0.4, 0.5) is 0 Å². The Morgan fingerprint density at radius 1 is 1.21 bits per heavy atom. The highest BCUT2D eigenvalue weighted by atomic mass is 32.1. The van der Waals surface area contributed by atoms with Crippen LogP contribution in [0, 0.1) is 6.92 Å². The number of amides is 2. The minimum atomic E-state index is -0.154. The number of nitrogens with one attached hydrogen (secondary N) is 1. The molecule has 0 radical (unpaired) electrons. The van der Waals surface area contributed by atoms with Gasteiger partial charge in [0.15, 0.2) is 0 Å². The molecule has 4 rings (SSSR count). The maximum atomic E-state index is 13.0. The van der Waals surface area contributed by atoms with Gasteiger partial charge in [-0.1, -0.05) is 6.07 Å². The lowest BCUT2D eigenvalue weighted by atomic mass is 10.2. The number of rotatable bonds is 5. The standard InChI is InChI=1S/C20H25N5O2S/c1-13-17(28-19(22-13)16-5-3-4-8-21-16)20(27)25-11-9-24(10-12-25)14(2)18(26)23-15-6-7-15/h3-5,8,14-15H,6-7,9-12H2,1-2H3,(H,23,26). The van der Waals surface area contributed by atoms with Crippen LogP contribution in [0.15, 0.2) is 24.4 Å². The van der Waals surface area contributed by atoms with Gasteiger partial charge < -0.3 is 10.2 Å². The summed E-state index contributed by atoms with van der Waals surface area (Å²) in [5.74, 6) is 0.118. The summed E-state index contributed by atoms with van der Waals surface area (Å²) in [5, 5.41) is 3.83. The van der Waals surface area contributed by atoms with Gasteiger partial charge in [0.05, 0.1) is 17.4 Å². The van der Waals surface area contributed by atoms with E-state index in [0.29, 0.717) is 37.1 Å². The van der Waals surface area contributed by atoms with Crippen LogP contribution < -0.4 is 5.32 Å². The number of piperazine rings is 1. The summed E-state index contributed by atoms with van der Waals surface area (Å²) >= 11 is 1.40. The maximum Gasteiger partial charge on any atom is 0.265 e. The molecule has 1 aliphatic heterocycles. The Labute approximate surface area is 168 Å². The van der Waals surface area contributed by atoms with Gasteiger partial charge in [0.1, 0.15) is 9.88 Å². The predicted molar refractivity (Wildman–Crippen MR) is 108 cm³/mol. The van der Waals surface area contributed by atoms with E-state index in [1.54, 1.807) is 6.20 Å². The molecule has 2 aliphatic rings. The minimum absolute atomic E-state index is 0.0203. The minimum Gasteiger partial charge on any atom is -0.352 e. The highest BCUT2D eigenvalue weighted by molar-refractivity contribution is 7.17. The molecule has 1 unspecified atom stereocenters. The van der Waals surface area contributed by atoms with Gasteiger partial charge in [-0.15, -0.1) is 11.3 Å². The van der Waals surface area contributed by atoms with Gasteiger partial charge in [-0.25, -0.2) is 4.98 Å². The fourth-order valence-electron chi connectivity index (χ4n) is 3.36. The second-order valence-corrected chi connectivity index (χ2v) is 8.43. The molecule has 1 saturated carbocycles. The second-order valence-electron chi connectivity index (χ2n) is 7.44. The Balaban J connectivity index is 1.37. The molecule has 7 nitrogen and oxygen atoms in total. The molecule has 2 amide bonds. The topological polar surface area (TPSA) is 78.4 Å². The quantitative estimate of drug-likeness (QED) is 0.831. The number of pyridine rings is 1. The average Bonchev–Trinajstić information content (AvgIpc) is 3.46. The van der Waals surface area contributed by atoms with Crippen molar-refractivity contribution in [2.45, 2.75) is 38.8 Å². The number of hydrogen-bond acceptors (Lipinski definition) is 6. The molecule has 0 aromatic carbocycles. The van der Waals surface area contributed by atoms with Crippen molar-refractivity contribution in [2.24, 2.45) is 0 Å². The van der Waals surface area contributed by atoms with E-state index in [-0.39, 0.29) is 17.9 Å². The molecule has 2 aromatic rings. The van der Waals surface area contributed by atoms with Gasteiger partial charge in [0, 0.05) is 38.4 Å². The monoisotopic (exact) mass is 399 g/mol. The molecular formula is C20H25N5O2S. The van der Waals surface area contributed by atoms with Crippen LogP contribution in [-0.4, -0.2) is 69.8 Å². The summed E-state index contributed by atoms with van der Waals surface area (Å²) < 4.78 is 0. The van der Waals surface area contributed by atoms with Crippen molar-refractivity contribution in [3.63, 3.8) is 0 Å². The van der Waals surface area contributed by atoms with Crippen LogP contribution in [0.2, 0.25) is 0 Å². The van der Waals surface area contributed by atoms with Gasteiger partial charge in [0.2, 0.25) is 5.91 Å². The highest BCUT2D eigenvalue weighted by Gasteiger charge is 2.32. The van der Waals surface area contributed by atoms with Crippen molar-refractivity contribution in [2.75, 3.05) is 26.2 Å². The zero-order valence-corrected chi connectivity index (χ0v) is 17.0. The van der Waals surface area contributed by atoms with Gasteiger partial charge in [-0.3, -0.25) is 19.5 Å². The third kappa shape index (κ3) is 4.07. The molecule has 148 valence electrons. The summed E-state index contributed by atoms with van der Waals surface area (Å²) in [7, 11) is 0. The highest BCUT2D eigenvalue weighted by Crippen LogP contribution is 2.28. The largest absolute Gasteiger partial charge is 0.352 e. The van der Waals surface area contributed by atoms with E-state index in [9.17, 15) is 9.59 Å². The molecule has 2 fully saturated rings. The van der Waals surface area contributed by atoms with Gasteiger partial charge in [-0.05, 0) is 38.8 Å². The number of thiazole rings is 1. The summed E-state index contributed by atoms with van der Waals surface area (Å²) in [6.07, 6.45) is 3.91. The number of nitrogens with zero attached hydrogens (tertiary/aromatic N) is 4. The Morgan fingerprint density at radius 2 is 1.96 bits per heavy atom. The Bertz CT molecular complexity index is 857. The molecule has 1 saturated heterocycles. The molecule has 0 spiro atoms. The van der Waals surface area contributed by atoms with Gasteiger partial charge in [0.25, 0.3) is 5.91 Å². The molecule has 1 N–H and O–H groups in total. The molecular weight excluding hydrogens is 374 g/mol. The first-order chi connectivity index (χ1) is 13.5. The lowest BCUT2D eigenvalue weighted by molar-refractivity contribution is -0.126. The Morgan fingerprint density at radius 3 is 2.61 bits per heavy atom. The van der Waals surface area contributed by atoms with E-state index < -0.39 is 0 Å². The summed E-state index contributed by atoms with van der Waals surface area (Å²) in [4.78, 5) is 38.8. The van der Waals surface area contributed by atoms with Crippen molar-refractivity contribution < 1.29 is 9.59 Å². The molecule has 1 atom stereocenters. The predicted octanol–water partition coefficient (Wildman–Crippen LogP) is 1.94. The Kier molecular flexibility index (Phi) is 5.41. The van der Waals surface area contributed by atoms with E-state index >= 15 is 0 Å². The van der Waals surface area contributed by atoms with Gasteiger partial charge >= 0.3 is 0 Å². The fourth-order valence-corrected chi connectivity index (χ4v) is 4.38. The first kappa shape index (κ1) is 19.0. The number of aromatic nitrogens is 2. The summed E-state index contributed by atoms with van der Waals surface area (Å²) in [6, 6.07) is 5.90. The lowest BCUT2D eigenvalue weighted by Gasteiger charge is -2.37. The van der Waals surface area contributed by atoms with Crippen molar-refractivity contribution in [1.82, 2.24) is 25.1 Å². The zero-order valence-electron chi connectivity index (χ0n) is 16.2. The van der Waals surface area contributed by atoms with Crippen LogP contribution >= 0.6 is 11.3 Å². The van der Waals surface area contributed by atoms with Crippen LogP contribution in [-0.2, 0) is 4.79 Å².